The predicted molar refractivity (Wildman–Crippen MR) is 42.7 cm³/mol. The molecule has 0 fully saturated rings. The van der Waals surface area contributed by atoms with Gasteiger partial charge in [-0.2, -0.15) is 0 Å². The van der Waals surface area contributed by atoms with E-state index in [2.05, 4.69) is 10.5 Å². The van der Waals surface area contributed by atoms with Crippen molar-refractivity contribution in [2.45, 2.75) is 0 Å². The van der Waals surface area contributed by atoms with Crippen molar-refractivity contribution in [1.82, 2.24) is 0 Å². The van der Waals surface area contributed by atoms with Gasteiger partial charge in [0.15, 0.2) is 0 Å². The fourth-order valence-electron chi connectivity index (χ4n) is 0.160. The van der Waals surface area contributed by atoms with Gasteiger partial charge in [-0.05, 0) is 0 Å². The fourth-order valence-corrected chi connectivity index (χ4v) is 0.160. The third-order valence-electron chi connectivity index (χ3n) is 0.529. The van der Waals surface area contributed by atoms with E-state index >= 15 is 0 Å². The molecule has 1 amide bonds. The van der Waals surface area contributed by atoms with Crippen LogP contribution in [0.3, 0.4) is 0 Å². The van der Waals surface area contributed by atoms with Crippen LogP contribution in [-0.2, 0) is 4.74 Å². The molecule has 8 N–H and O–H groups in total. The minimum Gasteiger partial charge on any atom is -0.448 e. The van der Waals surface area contributed by atoms with Gasteiger partial charge in [0.2, 0.25) is 0 Å². The lowest BCUT2D eigenvalue weighted by atomic mass is 10.7. The minimum absolute atomic E-state index is 0.204. The van der Waals surface area contributed by atoms with Gasteiger partial charge in [0, 0.05) is 19.6 Å². The molecule has 6 nitrogen and oxygen atoms in total. The highest BCUT2D eigenvalue weighted by atomic mass is 16.5. The number of nitrogens with two attached hydrogens (primary N) is 4. The Labute approximate surface area is 65.8 Å². The Morgan fingerprint density at radius 2 is 1.55 bits per heavy atom. The smallest absolute Gasteiger partial charge is 0.404 e. The molecule has 0 unspecified atom stereocenters. The van der Waals surface area contributed by atoms with Gasteiger partial charge in [-0.1, -0.05) is 0 Å². The van der Waals surface area contributed by atoms with E-state index < -0.39 is 6.09 Å². The van der Waals surface area contributed by atoms with Crippen LogP contribution in [0.2, 0.25) is 0 Å². The Bertz CT molecular complexity index is 86.6. The molecule has 0 heterocycles. The lowest BCUT2D eigenvalue weighted by molar-refractivity contribution is 0.160. The predicted octanol–water partition coefficient (Wildman–Crippen LogP) is -2.06. The summed E-state index contributed by atoms with van der Waals surface area (Å²) in [7, 11) is 0. The summed E-state index contributed by atoms with van der Waals surface area (Å²) in [6, 6.07) is 0. The molecular formula is C5H16N4O2. The van der Waals surface area contributed by atoms with Gasteiger partial charge in [-0.15, -0.1) is 0 Å². The summed E-state index contributed by atoms with van der Waals surface area (Å²) in [5, 5.41) is 0. The maximum absolute atomic E-state index is 9.70. The van der Waals surface area contributed by atoms with Crippen molar-refractivity contribution < 1.29 is 9.53 Å². The van der Waals surface area contributed by atoms with Crippen molar-refractivity contribution in [2.75, 3.05) is 26.2 Å². The van der Waals surface area contributed by atoms with Gasteiger partial charge < -0.3 is 27.7 Å². The van der Waals surface area contributed by atoms with Crippen LogP contribution in [0.5, 0.6) is 0 Å². The maximum Gasteiger partial charge on any atom is 0.404 e. The molecule has 11 heavy (non-hydrogen) atoms. The first-order valence-electron chi connectivity index (χ1n) is 3.21. The van der Waals surface area contributed by atoms with Crippen LogP contribution < -0.4 is 22.9 Å². The number of hydrogen-bond donors (Lipinski definition) is 4. The molecule has 0 aliphatic carbocycles. The lowest BCUT2D eigenvalue weighted by Crippen LogP contribution is -2.18. The molecule has 0 aliphatic heterocycles. The number of primary amides is 1. The summed E-state index contributed by atoms with van der Waals surface area (Å²) in [6.45, 7) is 1.72. The molecule has 0 aliphatic rings. The molecule has 0 saturated carbocycles. The van der Waals surface area contributed by atoms with Crippen molar-refractivity contribution in [1.29, 1.82) is 0 Å². The summed E-state index contributed by atoms with van der Waals surface area (Å²) >= 11 is 0. The van der Waals surface area contributed by atoms with Gasteiger partial charge in [0.05, 0.1) is 0 Å². The quantitative estimate of drug-likeness (QED) is 0.381. The van der Waals surface area contributed by atoms with Gasteiger partial charge in [0.1, 0.15) is 6.61 Å². The first-order valence-corrected chi connectivity index (χ1v) is 3.21. The highest BCUT2D eigenvalue weighted by molar-refractivity contribution is 5.64. The number of carbonyl (C=O) groups is 1. The second kappa shape index (κ2) is 11.9. The van der Waals surface area contributed by atoms with E-state index in [-0.39, 0.29) is 6.61 Å². The Kier molecular flexibility index (Phi) is 13.8. The summed E-state index contributed by atoms with van der Waals surface area (Å²) in [4.78, 5) is 9.70. The molecule has 0 radical (unpaired) electrons. The Balaban J connectivity index is 0. The largest absolute Gasteiger partial charge is 0.448 e. The van der Waals surface area contributed by atoms with Crippen LogP contribution in [0.15, 0.2) is 0 Å². The highest BCUT2D eigenvalue weighted by Gasteiger charge is 1.86. The molecule has 68 valence electrons. The van der Waals surface area contributed by atoms with Crippen molar-refractivity contribution >= 4 is 6.09 Å². The number of ether oxygens (including phenoxy) is 1. The Morgan fingerprint density at radius 3 is 1.64 bits per heavy atom. The summed E-state index contributed by atoms with van der Waals surface area (Å²) in [6.07, 6.45) is -0.773. The van der Waals surface area contributed by atoms with Crippen molar-refractivity contribution in [2.24, 2.45) is 22.9 Å². The Hall–Kier alpha value is -0.850. The standard InChI is InChI=1S/C3H8N2O2.C2H8N2/c4-1-2-7-3(5)6;3-1-2-4/h1-2,4H2,(H2,5,6);1-4H2. The zero-order valence-corrected chi connectivity index (χ0v) is 6.45. The number of rotatable bonds is 3. The van der Waals surface area contributed by atoms with Gasteiger partial charge in [0.25, 0.3) is 0 Å². The molecule has 0 aromatic heterocycles. The topological polar surface area (TPSA) is 130 Å². The normalized spacial score (nSPS) is 7.91. The Morgan fingerprint density at radius 1 is 1.09 bits per heavy atom. The third kappa shape index (κ3) is 27.2. The van der Waals surface area contributed by atoms with Gasteiger partial charge in [-0.25, -0.2) is 4.79 Å². The second-order valence-electron chi connectivity index (χ2n) is 1.53. The minimum atomic E-state index is -0.773. The molecule has 0 spiro atoms. The van der Waals surface area contributed by atoms with E-state index in [0.29, 0.717) is 19.6 Å². The average Bonchev–Trinajstić information content (AvgIpc) is 2.01. The van der Waals surface area contributed by atoms with E-state index in [1.807, 2.05) is 0 Å². The van der Waals surface area contributed by atoms with Gasteiger partial charge >= 0.3 is 6.09 Å². The fraction of sp³-hybridized carbons (Fsp3) is 0.800. The van der Waals surface area contributed by atoms with Crippen molar-refractivity contribution in [3.63, 3.8) is 0 Å². The number of carbonyl (C=O) groups excluding carboxylic acids is 1. The van der Waals surface area contributed by atoms with E-state index in [4.69, 9.17) is 17.2 Å². The molecule has 0 aromatic carbocycles. The van der Waals surface area contributed by atoms with Crippen molar-refractivity contribution in [3.8, 4) is 0 Å². The zero-order chi connectivity index (χ0) is 9.11. The van der Waals surface area contributed by atoms with E-state index in [1.165, 1.54) is 0 Å². The highest BCUT2D eigenvalue weighted by Crippen LogP contribution is 1.66. The van der Waals surface area contributed by atoms with Crippen LogP contribution in [-0.4, -0.2) is 32.3 Å². The number of amides is 1. The van der Waals surface area contributed by atoms with Crippen LogP contribution in [0.25, 0.3) is 0 Å². The summed E-state index contributed by atoms with van der Waals surface area (Å²) in [5.74, 6) is 0. The molecule has 0 rings (SSSR count). The summed E-state index contributed by atoms with van der Waals surface area (Å²) in [5.41, 5.74) is 19.3. The molecular weight excluding hydrogens is 148 g/mol. The van der Waals surface area contributed by atoms with E-state index in [0.717, 1.165) is 0 Å². The zero-order valence-electron chi connectivity index (χ0n) is 6.45. The first-order chi connectivity index (χ1) is 5.18. The number of hydrogen-bond acceptors (Lipinski definition) is 5. The average molecular weight is 164 g/mol. The monoisotopic (exact) mass is 164 g/mol. The van der Waals surface area contributed by atoms with Gasteiger partial charge in [-0.3, -0.25) is 0 Å². The van der Waals surface area contributed by atoms with Crippen LogP contribution in [0.1, 0.15) is 0 Å². The van der Waals surface area contributed by atoms with Crippen LogP contribution in [0, 0.1) is 0 Å². The molecule has 0 aromatic rings. The molecule has 6 heteroatoms. The van der Waals surface area contributed by atoms with Crippen LogP contribution >= 0.6 is 0 Å². The van der Waals surface area contributed by atoms with E-state index in [1.54, 1.807) is 0 Å². The summed E-state index contributed by atoms with van der Waals surface area (Å²) < 4.78 is 4.20. The molecule has 0 atom stereocenters. The third-order valence-corrected chi connectivity index (χ3v) is 0.529. The van der Waals surface area contributed by atoms with Crippen LogP contribution in [0.4, 0.5) is 4.79 Å². The van der Waals surface area contributed by atoms with Crippen molar-refractivity contribution in [3.05, 3.63) is 0 Å². The first kappa shape index (κ1) is 12.8. The van der Waals surface area contributed by atoms with E-state index in [9.17, 15) is 4.79 Å². The second-order valence-corrected chi connectivity index (χ2v) is 1.53. The lowest BCUT2D eigenvalue weighted by Gasteiger charge is -1.93. The SMILES string of the molecule is NCCN.NCCOC(N)=O. The molecule has 0 saturated heterocycles. The maximum atomic E-state index is 9.70. The molecule has 0 bridgehead atoms.